The number of hydrogen-bond acceptors (Lipinski definition) is 3. The van der Waals surface area contributed by atoms with Crippen molar-refractivity contribution in [2.24, 2.45) is 0 Å². The molecule has 21 heavy (non-hydrogen) atoms. The molecule has 1 aromatic rings. The molecule has 0 unspecified atom stereocenters. The number of carbonyl (C=O) groups excluding carboxylic acids is 1. The van der Waals surface area contributed by atoms with Crippen LogP contribution in [-0.4, -0.2) is 41.6 Å². The van der Waals surface area contributed by atoms with Crippen LogP contribution in [0.4, 0.5) is 0 Å². The Morgan fingerprint density at radius 1 is 1.43 bits per heavy atom. The first kappa shape index (κ1) is 15.4. The summed E-state index contributed by atoms with van der Waals surface area (Å²) < 4.78 is 5.52. The lowest BCUT2D eigenvalue weighted by molar-refractivity contribution is -0.143. The van der Waals surface area contributed by atoms with Gasteiger partial charge in [-0.25, -0.2) is 0 Å². The van der Waals surface area contributed by atoms with Crippen LogP contribution in [-0.2, 0) is 9.59 Å². The van der Waals surface area contributed by atoms with Gasteiger partial charge in [-0.1, -0.05) is 18.5 Å². The number of aliphatic carboxylic acids is 1. The maximum Gasteiger partial charge on any atom is 0.323 e. The zero-order valence-corrected chi connectivity index (χ0v) is 12.4. The molecule has 0 saturated heterocycles. The second-order valence-corrected chi connectivity index (χ2v) is 5.20. The third-order valence-electron chi connectivity index (χ3n) is 3.07. The number of carboxylic acids is 1. The van der Waals surface area contributed by atoms with Gasteiger partial charge in [0, 0.05) is 17.1 Å². The second-order valence-electron chi connectivity index (χ2n) is 4.76. The van der Waals surface area contributed by atoms with E-state index in [-0.39, 0.29) is 19.1 Å². The van der Waals surface area contributed by atoms with Crippen LogP contribution in [0.15, 0.2) is 23.8 Å². The van der Waals surface area contributed by atoms with E-state index in [1.807, 2.05) is 6.92 Å². The van der Waals surface area contributed by atoms with Crippen molar-refractivity contribution in [3.63, 3.8) is 0 Å². The number of amides is 1. The van der Waals surface area contributed by atoms with Gasteiger partial charge in [0.1, 0.15) is 18.9 Å². The molecule has 0 atom stereocenters. The van der Waals surface area contributed by atoms with Gasteiger partial charge in [0.25, 0.3) is 5.91 Å². The van der Waals surface area contributed by atoms with Crippen molar-refractivity contribution in [1.82, 2.24) is 4.90 Å². The fourth-order valence-corrected chi connectivity index (χ4v) is 2.34. The highest BCUT2D eigenvalue weighted by Gasteiger charge is 2.23. The molecule has 1 aliphatic heterocycles. The molecule has 0 aliphatic carbocycles. The van der Waals surface area contributed by atoms with Gasteiger partial charge in [-0.05, 0) is 30.7 Å². The van der Waals surface area contributed by atoms with Crippen molar-refractivity contribution >= 4 is 29.6 Å². The Hall–Kier alpha value is -2.01. The monoisotopic (exact) mass is 309 g/mol. The number of hydrogen-bond donors (Lipinski definition) is 1. The van der Waals surface area contributed by atoms with Gasteiger partial charge >= 0.3 is 5.97 Å². The number of fused-ring (bicyclic) bond motifs is 1. The molecule has 0 spiro atoms. The summed E-state index contributed by atoms with van der Waals surface area (Å²) >= 11 is 5.93. The van der Waals surface area contributed by atoms with Crippen molar-refractivity contribution in [3.8, 4) is 5.75 Å². The number of benzene rings is 1. The van der Waals surface area contributed by atoms with E-state index in [4.69, 9.17) is 21.4 Å². The van der Waals surface area contributed by atoms with Crippen molar-refractivity contribution in [2.45, 2.75) is 13.3 Å². The largest absolute Gasteiger partial charge is 0.488 e. The Kier molecular flexibility index (Phi) is 4.85. The number of ether oxygens (including phenoxy) is 1. The third kappa shape index (κ3) is 3.76. The van der Waals surface area contributed by atoms with E-state index in [0.29, 0.717) is 29.3 Å². The molecule has 1 amide bonds. The smallest absolute Gasteiger partial charge is 0.323 e. The minimum Gasteiger partial charge on any atom is -0.488 e. The van der Waals surface area contributed by atoms with E-state index in [1.54, 1.807) is 24.3 Å². The molecule has 0 saturated carbocycles. The molecule has 0 aromatic heterocycles. The normalized spacial score (nSPS) is 13.0. The summed E-state index contributed by atoms with van der Waals surface area (Å²) in [6.45, 7) is 2.10. The highest BCUT2D eigenvalue weighted by Crippen LogP contribution is 2.29. The number of rotatable bonds is 5. The zero-order valence-electron chi connectivity index (χ0n) is 11.6. The lowest BCUT2D eigenvalue weighted by atomic mass is 10.1. The summed E-state index contributed by atoms with van der Waals surface area (Å²) in [5.74, 6) is -0.682. The fraction of sp³-hybridized carbons (Fsp3) is 0.333. The minimum absolute atomic E-state index is 0.132. The van der Waals surface area contributed by atoms with Crippen LogP contribution < -0.4 is 4.74 Å². The molecule has 5 nitrogen and oxygen atoms in total. The summed E-state index contributed by atoms with van der Waals surface area (Å²) in [6.07, 6.45) is 2.40. The van der Waals surface area contributed by atoms with E-state index in [9.17, 15) is 9.59 Å². The van der Waals surface area contributed by atoms with E-state index in [1.165, 1.54) is 4.90 Å². The molecule has 0 bridgehead atoms. The predicted molar refractivity (Wildman–Crippen MR) is 79.4 cm³/mol. The Bertz CT molecular complexity index is 597. The minimum atomic E-state index is -1.03. The standard InChI is InChI=1S/C15H16ClNO4/c1-2-5-17(8-14(18)19)15(20)11-6-10-7-12(16)3-4-13(10)21-9-11/h3-4,6-7H,2,5,8-9H2,1H3,(H,18,19). The van der Waals surface area contributed by atoms with Gasteiger partial charge in [0.05, 0.1) is 5.57 Å². The Balaban J connectivity index is 2.24. The quantitative estimate of drug-likeness (QED) is 0.907. The average Bonchev–Trinajstić information content (AvgIpc) is 2.44. The van der Waals surface area contributed by atoms with Crippen LogP contribution in [0.1, 0.15) is 18.9 Å². The van der Waals surface area contributed by atoms with Crippen molar-refractivity contribution in [3.05, 3.63) is 34.4 Å². The van der Waals surface area contributed by atoms with Crippen LogP contribution >= 0.6 is 11.6 Å². The SMILES string of the molecule is CCCN(CC(=O)O)C(=O)C1=Cc2cc(Cl)ccc2OC1. The molecule has 1 N–H and O–H groups in total. The van der Waals surface area contributed by atoms with E-state index < -0.39 is 5.97 Å². The Labute approximate surface area is 127 Å². The van der Waals surface area contributed by atoms with Crippen LogP contribution in [0.2, 0.25) is 5.02 Å². The molecule has 1 heterocycles. The lowest BCUT2D eigenvalue weighted by Crippen LogP contribution is -2.38. The number of carboxylic acid groups (broad SMARTS) is 1. The molecule has 1 aliphatic rings. The van der Waals surface area contributed by atoms with Gasteiger partial charge in [-0.15, -0.1) is 0 Å². The molecule has 1 aromatic carbocycles. The first-order valence-corrected chi connectivity index (χ1v) is 7.03. The molecule has 0 radical (unpaired) electrons. The van der Waals surface area contributed by atoms with E-state index in [2.05, 4.69) is 0 Å². The molecule has 2 rings (SSSR count). The summed E-state index contributed by atoms with van der Waals surface area (Å²) in [7, 11) is 0. The summed E-state index contributed by atoms with van der Waals surface area (Å²) in [4.78, 5) is 24.6. The van der Waals surface area contributed by atoms with E-state index in [0.717, 1.165) is 5.56 Å². The Morgan fingerprint density at radius 3 is 2.86 bits per heavy atom. The molecule has 6 heteroatoms. The molecule has 0 fully saturated rings. The van der Waals surface area contributed by atoms with Gasteiger partial charge in [-0.3, -0.25) is 9.59 Å². The lowest BCUT2D eigenvalue weighted by Gasteiger charge is -2.24. The van der Waals surface area contributed by atoms with Crippen LogP contribution in [0.25, 0.3) is 6.08 Å². The van der Waals surface area contributed by atoms with Crippen molar-refractivity contribution in [2.75, 3.05) is 19.7 Å². The summed E-state index contributed by atoms with van der Waals surface area (Å²) in [6, 6.07) is 5.18. The van der Waals surface area contributed by atoms with E-state index >= 15 is 0 Å². The predicted octanol–water partition coefficient (Wildman–Crippen LogP) is 2.44. The zero-order chi connectivity index (χ0) is 15.4. The highest BCUT2D eigenvalue weighted by molar-refractivity contribution is 6.30. The fourth-order valence-electron chi connectivity index (χ4n) is 2.16. The topological polar surface area (TPSA) is 66.8 Å². The highest BCUT2D eigenvalue weighted by atomic mass is 35.5. The first-order valence-electron chi connectivity index (χ1n) is 6.65. The molecular formula is C15H16ClNO4. The van der Waals surface area contributed by atoms with Gasteiger partial charge < -0.3 is 14.7 Å². The first-order chi connectivity index (χ1) is 10.0. The maximum atomic E-state index is 12.4. The molecular weight excluding hydrogens is 294 g/mol. The average molecular weight is 310 g/mol. The number of halogens is 1. The number of nitrogens with zero attached hydrogens (tertiary/aromatic N) is 1. The van der Waals surface area contributed by atoms with Crippen molar-refractivity contribution in [1.29, 1.82) is 0 Å². The summed E-state index contributed by atoms with van der Waals surface area (Å²) in [5.41, 5.74) is 1.16. The Morgan fingerprint density at radius 2 is 2.19 bits per heavy atom. The number of carbonyl (C=O) groups is 2. The van der Waals surface area contributed by atoms with Gasteiger partial charge in [0.15, 0.2) is 0 Å². The van der Waals surface area contributed by atoms with Crippen LogP contribution in [0.3, 0.4) is 0 Å². The van der Waals surface area contributed by atoms with Crippen molar-refractivity contribution < 1.29 is 19.4 Å². The summed E-state index contributed by atoms with van der Waals surface area (Å²) in [5, 5.41) is 9.44. The second kappa shape index (κ2) is 6.63. The third-order valence-corrected chi connectivity index (χ3v) is 3.30. The molecule has 112 valence electrons. The van der Waals surface area contributed by atoms with Gasteiger partial charge in [0.2, 0.25) is 0 Å². The van der Waals surface area contributed by atoms with Gasteiger partial charge in [-0.2, -0.15) is 0 Å². The van der Waals surface area contributed by atoms with Crippen LogP contribution in [0.5, 0.6) is 5.75 Å². The maximum absolute atomic E-state index is 12.4. The van der Waals surface area contributed by atoms with Crippen LogP contribution in [0, 0.1) is 0 Å².